The first-order valence-corrected chi connectivity index (χ1v) is 8.27. The van der Waals surface area contributed by atoms with Crippen LogP contribution in [-0.2, 0) is 6.54 Å². The lowest BCUT2D eigenvalue weighted by molar-refractivity contribution is 0.426. The van der Waals surface area contributed by atoms with Gasteiger partial charge in [-0.3, -0.25) is 0 Å². The maximum absolute atomic E-state index is 4.92. The summed E-state index contributed by atoms with van der Waals surface area (Å²) in [5.74, 6) is 1.07. The molecule has 0 saturated carbocycles. The first-order chi connectivity index (χ1) is 11.0. The van der Waals surface area contributed by atoms with Crippen LogP contribution >= 0.6 is 0 Å². The highest BCUT2D eigenvalue weighted by molar-refractivity contribution is 5.93. The number of benzene rings is 2. The fourth-order valence-electron chi connectivity index (χ4n) is 3.48. The highest BCUT2D eigenvalue weighted by atomic mass is 15.1. The van der Waals surface area contributed by atoms with Crippen LogP contribution in [-0.4, -0.2) is 9.55 Å². The number of imidazole rings is 1. The van der Waals surface area contributed by atoms with Crippen molar-refractivity contribution < 1.29 is 0 Å². The summed E-state index contributed by atoms with van der Waals surface area (Å²) in [7, 11) is 0. The third-order valence-electron chi connectivity index (χ3n) is 4.39. The van der Waals surface area contributed by atoms with Gasteiger partial charge in [-0.25, -0.2) is 4.98 Å². The smallest absolute Gasteiger partial charge is 0.141 e. The van der Waals surface area contributed by atoms with Gasteiger partial charge in [-0.2, -0.15) is 0 Å². The molecule has 2 nitrogen and oxygen atoms in total. The quantitative estimate of drug-likeness (QED) is 0.608. The van der Waals surface area contributed by atoms with Crippen molar-refractivity contribution in [3.63, 3.8) is 0 Å². The van der Waals surface area contributed by atoms with Crippen molar-refractivity contribution in [3.05, 3.63) is 60.2 Å². The molecule has 0 radical (unpaired) electrons. The number of para-hydroxylation sites is 1. The molecule has 0 atom stereocenters. The average Bonchev–Trinajstić information content (AvgIpc) is 2.90. The maximum Gasteiger partial charge on any atom is 0.141 e. The van der Waals surface area contributed by atoms with Gasteiger partial charge in [0.1, 0.15) is 5.82 Å². The Hall–Kier alpha value is -2.35. The van der Waals surface area contributed by atoms with Crippen LogP contribution in [0.2, 0.25) is 0 Å². The second-order valence-corrected chi connectivity index (χ2v) is 7.55. The summed E-state index contributed by atoms with van der Waals surface area (Å²) < 4.78 is 2.35. The molecular weight excluding hydrogens is 280 g/mol. The molecule has 4 rings (SSSR count). The Balaban J connectivity index is 1.90. The zero-order valence-electron chi connectivity index (χ0n) is 14.0. The lowest BCUT2D eigenvalue weighted by atomic mass is 9.84. The summed E-state index contributed by atoms with van der Waals surface area (Å²) in [6.45, 7) is 7.81. The molecule has 0 amide bonds. The van der Waals surface area contributed by atoms with E-state index < -0.39 is 0 Å². The van der Waals surface area contributed by atoms with Crippen molar-refractivity contribution in [1.82, 2.24) is 9.55 Å². The molecule has 23 heavy (non-hydrogen) atoms. The van der Waals surface area contributed by atoms with E-state index in [-0.39, 0.29) is 0 Å². The zero-order chi connectivity index (χ0) is 16.0. The standard InChI is InChI=1S/C21H22N2/c1-21(2,3)14-16-12-13-23-19-17(16)10-7-11-18(19)22-20(23)15-8-5-4-6-9-15/h4-12H,13-14H2,1-3H3. The minimum atomic E-state index is 0.290. The number of rotatable bonds is 2. The Morgan fingerprint density at radius 3 is 2.52 bits per heavy atom. The van der Waals surface area contributed by atoms with E-state index in [0.29, 0.717) is 5.41 Å². The van der Waals surface area contributed by atoms with Crippen LogP contribution in [0.15, 0.2) is 54.6 Å². The first kappa shape index (κ1) is 14.3. The third-order valence-corrected chi connectivity index (χ3v) is 4.39. The van der Waals surface area contributed by atoms with Gasteiger partial charge in [-0.05, 0) is 23.5 Å². The van der Waals surface area contributed by atoms with Crippen LogP contribution in [0.4, 0.5) is 0 Å². The van der Waals surface area contributed by atoms with Gasteiger partial charge in [-0.15, -0.1) is 0 Å². The van der Waals surface area contributed by atoms with Crippen molar-refractivity contribution in [2.75, 3.05) is 0 Å². The van der Waals surface area contributed by atoms with E-state index in [2.05, 4.69) is 79.9 Å². The normalized spacial score (nSPS) is 14.1. The Bertz CT molecular complexity index is 893. The first-order valence-electron chi connectivity index (χ1n) is 8.27. The summed E-state index contributed by atoms with van der Waals surface area (Å²) in [5, 5.41) is 0. The highest BCUT2D eigenvalue weighted by Gasteiger charge is 2.23. The van der Waals surface area contributed by atoms with E-state index in [9.17, 15) is 0 Å². The summed E-state index contributed by atoms with van der Waals surface area (Å²) in [4.78, 5) is 4.92. The predicted octanol–water partition coefficient (Wildman–Crippen LogP) is 5.54. The summed E-state index contributed by atoms with van der Waals surface area (Å²) in [5.41, 5.74) is 6.66. The van der Waals surface area contributed by atoms with Crippen LogP contribution < -0.4 is 0 Å². The molecule has 2 heteroatoms. The van der Waals surface area contributed by atoms with Crippen molar-refractivity contribution in [2.24, 2.45) is 5.41 Å². The van der Waals surface area contributed by atoms with Gasteiger partial charge in [-0.1, -0.05) is 69.3 Å². The lowest BCUT2D eigenvalue weighted by Crippen LogP contribution is -2.11. The maximum atomic E-state index is 4.92. The fourth-order valence-corrected chi connectivity index (χ4v) is 3.48. The number of allylic oxidation sites excluding steroid dienone is 2. The number of aromatic nitrogens is 2. The number of nitrogens with zero attached hydrogens (tertiary/aromatic N) is 2. The SMILES string of the molecule is CC(C)(C)CC1=CCn2c(-c3ccccc3)nc3cccc1c32. The van der Waals surface area contributed by atoms with Gasteiger partial charge >= 0.3 is 0 Å². The largest absolute Gasteiger partial charge is 0.320 e. The molecule has 0 saturated heterocycles. The molecule has 116 valence electrons. The van der Waals surface area contributed by atoms with Gasteiger partial charge in [0.2, 0.25) is 0 Å². The second kappa shape index (κ2) is 5.09. The molecule has 0 unspecified atom stereocenters. The fraction of sp³-hybridized carbons (Fsp3) is 0.286. The van der Waals surface area contributed by atoms with Gasteiger partial charge in [0.05, 0.1) is 11.0 Å². The molecule has 1 aromatic heterocycles. The highest BCUT2D eigenvalue weighted by Crippen LogP contribution is 2.38. The summed E-state index contributed by atoms with van der Waals surface area (Å²) in [6, 6.07) is 17.0. The molecule has 0 fully saturated rings. The average molecular weight is 302 g/mol. The predicted molar refractivity (Wildman–Crippen MR) is 97.2 cm³/mol. The van der Waals surface area contributed by atoms with Gasteiger partial charge in [0.25, 0.3) is 0 Å². The molecule has 0 bridgehead atoms. The van der Waals surface area contributed by atoms with E-state index in [0.717, 1.165) is 24.3 Å². The minimum Gasteiger partial charge on any atom is -0.320 e. The van der Waals surface area contributed by atoms with Crippen LogP contribution in [0.5, 0.6) is 0 Å². The lowest BCUT2D eigenvalue weighted by Gasteiger charge is -2.24. The molecule has 2 aromatic carbocycles. The molecule has 2 heterocycles. The molecule has 3 aromatic rings. The number of hydrogen-bond acceptors (Lipinski definition) is 1. The van der Waals surface area contributed by atoms with E-state index in [1.165, 1.54) is 22.2 Å². The van der Waals surface area contributed by atoms with Crippen LogP contribution in [0, 0.1) is 5.41 Å². The monoisotopic (exact) mass is 302 g/mol. The van der Waals surface area contributed by atoms with Gasteiger partial charge < -0.3 is 4.57 Å². The number of hydrogen-bond donors (Lipinski definition) is 0. The second-order valence-electron chi connectivity index (χ2n) is 7.55. The zero-order valence-corrected chi connectivity index (χ0v) is 14.0. The molecular formula is C21H22N2. The topological polar surface area (TPSA) is 17.8 Å². The molecule has 1 aliphatic heterocycles. The van der Waals surface area contributed by atoms with E-state index in [1.807, 2.05) is 0 Å². The minimum absolute atomic E-state index is 0.290. The van der Waals surface area contributed by atoms with Crippen LogP contribution in [0.3, 0.4) is 0 Å². The summed E-state index contributed by atoms with van der Waals surface area (Å²) in [6.07, 6.45) is 3.47. The Kier molecular flexibility index (Phi) is 3.15. The van der Waals surface area contributed by atoms with E-state index in [1.54, 1.807) is 0 Å². The molecule has 0 N–H and O–H groups in total. The van der Waals surface area contributed by atoms with Gasteiger partial charge in [0.15, 0.2) is 0 Å². The van der Waals surface area contributed by atoms with Crippen LogP contribution in [0.1, 0.15) is 32.8 Å². The summed E-state index contributed by atoms with van der Waals surface area (Å²) >= 11 is 0. The third kappa shape index (κ3) is 2.48. The molecule has 0 spiro atoms. The van der Waals surface area contributed by atoms with Crippen molar-refractivity contribution >= 4 is 16.6 Å². The van der Waals surface area contributed by atoms with Gasteiger partial charge in [0, 0.05) is 17.7 Å². The Labute approximate surface area is 137 Å². The Morgan fingerprint density at radius 2 is 1.78 bits per heavy atom. The van der Waals surface area contributed by atoms with Crippen molar-refractivity contribution in [1.29, 1.82) is 0 Å². The Morgan fingerprint density at radius 1 is 1.00 bits per heavy atom. The van der Waals surface area contributed by atoms with E-state index >= 15 is 0 Å². The molecule has 0 aliphatic carbocycles. The van der Waals surface area contributed by atoms with Crippen molar-refractivity contribution in [2.45, 2.75) is 33.7 Å². The van der Waals surface area contributed by atoms with Crippen molar-refractivity contribution in [3.8, 4) is 11.4 Å². The molecule has 1 aliphatic rings. The van der Waals surface area contributed by atoms with E-state index in [4.69, 9.17) is 4.98 Å². The van der Waals surface area contributed by atoms with Crippen LogP contribution in [0.25, 0.3) is 28.0 Å².